The number of carbonyl (C=O) groups is 2. The standard InChI is InChI=1S/C28H31BrClN3O4S/c1-3-4-17-31-28(35)21(2)32(19-22-11-10-12-23(29)18-22)27(34)20-33(26-16-9-8-15-25(26)30)38(36,37)24-13-6-5-7-14-24/h5-16,18,21H,3-4,17,19-20H2,1-2H3,(H,31,35). The zero-order valence-corrected chi connectivity index (χ0v) is 24.5. The Morgan fingerprint density at radius 2 is 1.68 bits per heavy atom. The Hall–Kier alpha value is -2.88. The molecule has 38 heavy (non-hydrogen) atoms. The van der Waals surface area contributed by atoms with E-state index in [1.807, 2.05) is 31.2 Å². The van der Waals surface area contributed by atoms with E-state index in [0.29, 0.717) is 6.54 Å². The molecule has 0 aliphatic heterocycles. The highest BCUT2D eigenvalue weighted by Gasteiger charge is 2.33. The molecule has 0 bridgehead atoms. The van der Waals surface area contributed by atoms with Gasteiger partial charge in [-0.25, -0.2) is 8.42 Å². The van der Waals surface area contributed by atoms with E-state index < -0.39 is 28.5 Å². The van der Waals surface area contributed by atoms with Crippen molar-refractivity contribution in [3.8, 4) is 0 Å². The van der Waals surface area contributed by atoms with Gasteiger partial charge in [0.15, 0.2) is 0 Å². The average molecular weight is 621 g/mol. The van der Waals surface area contributed by atoms with Crippen LogP contribution in [0.4, 0.5) is 5.69 Å². The van der Waals surface area contributed by atoms with E-state index in [1.165, 1.54) is 17.0 Å². The van der Waals surface area contributed by atoms with Gasteiger partial charge in [-0.1, -0.05) is 83.3 Å². The van der Waals surface area contributed by atoms with Gasteiger partial charge in [-0.05, 0) is 55.3 Å². The van der Waals surface area contributed by atoms with Gasteiger partial charge in [0, 0.05) is 17.6 Å². The Labute approximate surface area is 238 Å². The third-order valence-electron chi connectivity index (χ3n) is 5.97. The van der Waals surface area contributed by atoms with Crippen LogP contribution in [0.5, 0.6) is 0 Å². The maximum atomic E-state index is 13.9. The van der Waals surface area contributed by atoms with Gasteiger partial charge >= 0.3 is 0 Å². The SMILES string of the molecule is CCCCNC(=O)C(C)N(Cc1cccc(Br)c1)C(=O)CN(c1ccccc1Cl)S(=O)(=O)c1ccccc1. The van der Waals surface area contributed by atoms with Gasteiger partial charge in [0.05, 0.1) is 15.6 Å². The van der Waals surface area contributed by atoms with E-state index in [0.717, 1.165) is 27.2 Å². The lowest BCUT2D eigenvalue weighted by Crippen LogP contribution is -2.51. The van der Waals surface area contributed by atoms with Crippen molar-refractivity contribution in [1.82, 2.24) is 10.2 Å². The number of benzene rings is 3. The summed E-state index contributed by atoms with van der Waals surface area (Å²) in [6, 6.07) is 20.9. The van der Waals surface area contributed by atoms with Crippen LogP contribution in [-0.4, -0.2) is 44.3 Å². The van der Waals surface area contributed by atoms with Crippen molar-refractivity contribution in [3.63, 3.8) is 0 Å². The van der Waals surface area contributed by atoms with E-state index in [1.54, 1.807) is 49.4 Å². The second-order valence-electron chi connectivity index (χ2n) is 8.75. The van der Waals surface area contributed by atoms with E-state index in [4.69, 9.17) is 11.6 Å². The van der Waals surface area contributed by atoms with Crippen molar-refractivity contribution < 1.29 is 18.0 Å². The number of nitrogens with one attached hydrogen (secondary N) is 1. The maximum absolute atomic E-state index is 13.9. The molecule has 0 aliphatic rings. The number of carbonyl (C=O) groups excluding carboxylic acids is 2. The number of rotatable bonds is 12. The molecule has 0 aliphatic carbocycles. The molecule has 0 spiro atoms. The Morgan fingerprint density at radius 3 is 2.34 bits per heavy atom. The molecule has 7 nitrogen and oxygen atoms in total. The maximum Gasteiger partial charge on any atom is 0.264 e. The van der Waals surface area contributed by atoms with Gasteiger partial charge in [0.1, 0.15) is 12.6 Å². The third kappa shape index (κ3) is 7.58. The molecule has 0 fully saturated rings. The zero-order chi connectivity index (χ0) is 27.7. The highest BCUT2D eigenvalue weighted by atomic mass is 79.9. The fraction of sp³-hybridized carbons (Fsp3) is 0.286. The molecule has 1 unspecified atom stereocenters. The Kier molecular flexibility index (Phi) is 10.8. The molecule has 2 amide bonds. The lowest BCUT2D eigenvalue weighted by Gasteiger charge is -2.32. The summed E-state index contributed by atoms with van der Waals surface area (Å²) in [6.45, 7) is 3.73. The number of anilines is 1. The molecule has 0 aromatic heterocycles. The molecule has 3 rings (SSSR count). The molecule has 1 N–H and O–H groups in total. The van der Waals surface area contributed by atoms with Crippen LogP contribution in [0, 0.1) is 0 Å². The summed E-state index contributed by atoms with van der Waals surface area (Å²) in [5, 5.41) is 3.06. The number of nitrogens with zero attached hydrogens (tertiary/aromatic N) is 2. The smallest absolute Gasteiger partial charge is 0.264 e. The first-order valence-corrected chi connectivity index (χ1v) is 14.9. The van der Waals surface area contributed by atoms with Gasteiger partial charge in [0.25, 0.3) is 10.0 Å². The van der Waals surface area contributed by atoms with Gasteiger partial charge in [0.2, 0.25) is 11.8 Å². The molecular weight excluding hydrogens is 590 g/mol. The first-order chi connectivity index (χ1) is 18.1. The predicted molar refractivity (Wildman–Crippen MR) is 154 cm³/mol. The monoisotopic (exact) mass is 619 g/mol. The van der Waals surface area contributed by atoms with Crippen molar-refractivity contribution in [2.45, 2.75) is 44.2 Å². The molecular formula is C28H31BrClN3O4S. The predicted octanol–water partition coefficient (Wildman–Crippen LogP) is 5.63. The molecule has 1 atom stereocenters. The molecule has 0 heterocycles. The fourth-order valence-electron chi connectivity index (χ4n) is 3.84. The normalized spacial score (nSPS) is 12.0. The molecule has 202 valence electrons. The topological polar surface area (TPSA) is 86.8 Å². The van der Waals surface area contributed by atoms with Gasteiger partial charge in [-0.15, -0.1) is 0 Å². The van der Waals surface area contributed by atoms with Crippen molar-refractivity contribution in [1.29, 1.82) is 0 Å². The lowest BCUT2D eigenvalue weighted by atomic mass is 10.1. The van der Waals surface area contributed by atoms with Gasteiger partial charge in [-0.2, -0.15) is 0 Å². The first kappa shape index (κ1) is 29.7. The molecule has 0 saturated carbocycles. The quantitative estimate of drug-likeness (QED) is 0.266. The summed E-state index contributed by atoms with van der Waals surface area (Å²) in [5.74, 6) is -0.848. The number of hydrogen-bond donors (Lipinski definition) is 1. The van der Waals surface area contributed by atoms with Crippen molar-refractivity contribution >= 4 is 55.1 Å². The number of para-hydroxylation sites is 1. The summed E-state index contributed by atoms with van der Waals surface area (Å²) < 4.78 is 29.3. The minimum Gasteiger partial charge on any atom is -0.354 e. The summed E-state index contributed by atoms with van der Waals surface area (Å²) in [5.41, 5.74) is 0.963. The Morgan fingerprint density at radius 1 is 1.00 bits per heavy atom. The first-order valence-electron chi connectivity index (χ1n) is 12.3. The molecule has 0 radical (unpaired) electrons. The Balaban J connectivity index is 2.00. The largest absolute Gasteiger partial charge is 0.354 e. The second kappa shape index (κ2) is 13.8. The highest BCUT2D eigenvalue weighted by Crippen LogP contribution is 2.30. The third-order valence-corrected chi connectivity index (χ3v) is 8.56. The molecule has 3 aromatic rings. The van der Waals surface area contributed by atoms with E-state index >= 15 is 0 Å². The molecule has 10 heteroatoms. The minimum atomic E-state index is -4.15. The summed E-state index contributed by atoms with van der Waals surface area (Å²) in [7, 11) is -4.15. The summed E-state index contributed by atoms with van der Waals surface area (Å²) in [6.07, 6.45) is 1.73. The van der Waals surface area contributed by atoms with E-state index in [-0.39, 0.29) is 28.1 Å². The van der Waals surface area contributed by atoms with Gasteiger partial charge < -0.3 is 10.2 Å². The second-order valence-corrected chi connectivity index (χ2v) is 11.9. The number of unbranched alkanes of at least 4 members (excludes halogenated alkanes) is 1. The van der Waals surface area contributed by atoms with Gasteiger partial charge in [-0.3, -0.25) is 13.9 Å². The highest BCUT2D eigenvalue weighted by molar-refractivity contribution is 9.10. The van der Waals surface area contributed by atoms with E-state index in [2.05, 4.69) is 21.2 Å². The van der Waals surface area contributed by atoms with Crippen molar-refractivity contribution in [3.05, 3.63) is 93.9 Å². The van der Waals surface area contributed by atoms with Crippen LogP contribution >= 0.6 is 27.5 Å². The average Bonchev–Trinajstić information content (AvgIpc) is 2.91. The van der Waals surface area contributed by atoms with Crippen LogP contribution in [0.25, 0.3) is 0 Å². The minimum absolute atomic E-state index is 0.0246. The van der Waals surface area contributed by atoms with Crippen LogP contribution in [0.1, 0.15) is 32.3 Å². The lowest BCUT2D eigenvalue weighted by molar-refractivity contribution is -0.139. The Bertz CT molecular complexity index is 1350. The number of sulfonamides is 1. The van der Waals surface area contributed by atoms with Crippen LogP contribution in [-0.2, 0) is 26.2 Å². The number of amides is 2. The van der Waals surface area contributed by atoms with Crippen LogP contribution in [0.2, 0.25) is 5.02 Å². The molecule has 3 aromatic carbocycles. The van der Waals surface area contributed by atoms with Crippen LogP contribution < -0.4 is 9.62 Å². The van der Waals surface area contributed by atoms with Crippen LogP contribution in [0.3, 0.4) is 0 Å². The van der Waals surface area contributed by atoms with E-state index in [9.17, 15) is 18.0 Å². The van der Waals surface area contributed by atoms with Crippen LogP contribution in [0.15, 0.2) is 88.2 Å². The number of halogens is 2. The summed E-state index contributed by atoms with van der Waals surface area (Å²) in [4.78, 5) is 28.3. The summed E-state index contributed by atoms with van der Waals surface area (Å²) >= 11 is 9.85. The molecule has 0 saturated heterocycles. The fourth-order valence-corrected chi connectivity index (χ4v) is 6.03. The zero-order valence-electron chi connectivity index (χ0n) is 21.3. The number of hydrogen-bond acceptors (Lipinski definition) is 4. The van der Waals surface area contributed by atoms with Crippen molar-refractivity contribution in [2.24, 2.45) is 0 Å². The van der Waals surface area contributed by atoms with Crippen molar-refractivity contribution in [2.75, 3.05) is 17.4 Å².